The summed E-state index contributed by atoms with van der Waals surface area (Å²) >= 11 is 0. The number of benzene rings is 1. The van der Waals surface area contributed by atoms with Crippen LogP contribution in [0.1, 0.15) is 78.6 Å². The van der Waals surface area contributed by atoms with Crippen LogP contribution >= 0.6 is 0 Å². The first-order chi connectivity index (χ1) is 16.9. The Hall–Kier alpha value is -3.93. The quantitative estimate of drug-likeness (QED) is 0.629. The van der Waals surface area contributed by atoms with E-state index in [4.69, 9.17) is 15.4 Å². The Labute approximate surface area is 204 Å². The van der Waals surface area contributed by atoms with Gasteiger partial charge in [0.05, 0.1) is 12.1 Å². The number of hydrogen-bond donors (Lipinski definition) is 2. The highest BCUT2D eigenvalue weighted by atomic mass is 16.3. The Morgan fingerprint density at radius 3 is 2.71 bits per heavy atom. The first kappa shape index (κ1) is 24.2. The van der Waals surface area contributed by atoms with Gasteiger partial charge >= 0.3 is 0 Å². The van der Waals surface area contributed by atoms with E-state index in [1.807, 2.05) is 31.2 Å². The maximum atomic E-state index is 13.1. The molecule has 1 aliphatic heterocycles. The first-order valence-electron chi connectivity index (χ1n) is 11.9. The summed E-state index contributed by atoms with van der Waals surface area (Å²) in [5.41, 5.74) is 8.24. The second-order valence-electron chi connectivity index (χ2n) is 9.12. The normalized spacial score (nSPS) is 16.6. The fourth-order valence-electron chi connectivity index (χ4n) is 4.76. The van der Waals surface area contributed by atoms with Crippen molar-refractivity contribution in [2.24, 2.45) is 16.6 Å². The molecular formula is C26H29N5O4. The van der Waals surface area contributed by atoms with E-state index in [2.05, 4.69) is 10.3 Å². The summed E-state index contributed by atoms with van der Waals surface area (Å²) in [6.07, 6.45) is 6.62. The zero-order valence-electron chi connectivity index (χ0n) is 19.8. The molecule has 1 aromatic heterocycles. The average molecular weight is 476 g/mol. The second-order valence-corrected chi connectivity index (χ2v) is 9.12. The predicted molar refractivity (Wildman–Crippen MR) is 130 cm³/mol. The molecule has 9 heteroatoms. The van der Waals surface area contributed by atoms with Crippen LogP contribution in [0.5, 0.6) is 0 Å². The molecule has 4 rings (SSSR count). The number of nitrogens with two attached hydrogens (primary N) is 1. The fourth-order valence-corrected chi connectivity index (χ4v) is 4.76. The van der Waals surface area contributed by atoms with Crippen molar-refractivity contribution >= 4 is 29.2 Å². The van der Waals surface area contributed by atoms with E-state index in [1.165, 1.54) is 18.8 Å². The highest BCUT2D eigenvalue weighted by Gasteiger charge is 2.29. The van der Waals surface area contributed by atoms with Crippen molar-refractivity contribution in [2.75, 3.05) is 11.4 Å². The monoisotopic (exact) mass is 475 g/mol. The van der Waals surface area contributed by atoms with Crippen LogP contribution in [0.25, 0.3) is 0 Å². The van der Waals surface area contributed by atoms with Crippen LogP contribution in [-0.4, -0.2) is 30.1 Å². The molecule has 1 fully saturated rings. The summed E-state index contributed by atoms with van der Waals surface area (Å²) in [7, 11) is 0. The van der Waals surface area contributed by atoms with Crippen LogP contribution in [-0.2, 0) is 16.1 Å². The lowest BCUT2D eigenvalue weighted by molar-refractivity contribution is -0.125. The summed E-state index contributed by atoms with van der Waals surface area (Å²) < 4.78 is 5.16. The lowest BCUT2D eigenvalue weighted by Gasteiger charge is -2.32. The third-order valence-electron chi connectivity index (χ3n) is 6.74. The Morgan fingerprint density at radius 1 is 1.26 bits per heavy atom. The van der Waals surface area contributed by atoms with Gasteiger partial charge in [0.1, 0.15) is 18.1 Å². The molecule has 35 heavy (non-hydrogen) atoms. The molecule has 1 aromatic carbocycles. The van der Waals surface area contributed by atoms with Crippen molar-refractivity contribution < 1.29 is 18.8 Å². The lowest BCUT2D eigenvalue weighted by atomic mass is 9.80. The minimum absolute atomic E-state index is 0.0182. The van der Waals surface area contributed by atoms with Crippen LogP contribution < -0.4 is 16.0 Å². The van der Waals surface area contributed by atoms with E-state index < -0.39 is 11.8 Å². The Bertz CT molecular complexity index is 1200. The van der Waals surface area contributed by atoms with Gasteiger partial charge < -0.3 is 15.1 Å². The van der Waals surface area contributed by atoms with Crippen molar-refractivity contribution in [1.82, 2.24) is 5.32 Å². The van der Waals surface area contributed by atoms with Gasteiger partial charge in [-0.1, -0.05) is 38.3 Å². The molecule has 2 aromatic rings. The summed E-state index contributed by atoms with van der Waals surface area (Å²) in [4.78, 5) is 43.5. The van der Waals surface area contributed by atoms with E-state index >= 15 is 0 Å². The number of rotatable bonds is 7. The molecule has 0 spiro atoms. The number of fused-ring (bicyclic) bond motifs is 1. The van der Waals surface area contributed by atoms with Crippen molar-refractivity contribution in [3.05, 3.63) is 53.0 Å². The molecule has 0 radical (unpaired) electrons. The van der Waals surface area contributed by atoms with E-state index in [9.17, 15) is 14.4 Å². The molecule has 0 saturated heterocycles. The maximum absolute atomic E-state index is 13.1. The number of primary amides is 1. The highest BCUT2D eigenvalue weighted by molar-refractivity contribution is 6.11. The van der Waals surface area contributed by atoms with Gasteiger partial charge in [0.2, 0.25) is 11.9 Å². The number of Topliss-reactive ketones (excluding diaryl/α,β-unsaturated/α-hetero) is 1. The maximum Gasteiger partial charge on any atom is 0.293 e. The van der Waals surface area contributed by atoms with Crippen molar-refractivity contribution in [1.29, 1.82) is 5.26 Å². The summed E-state index contributed by atoms with van der Waals surface area (Å²) in [6, 6.07) is 9.08. The molecule has 1 unspecified atom stereocenters. The minimum atomic E-state index is -0.555. The molecule has 2 aliphatic rings. The van der Waals surface area contributed by atoms with Crippen molar-refractivity contribution in [2.45, 2.75) is 57.9 Å². The molecule has 1 saturated carbocycles. The van der Waals surface area contributed by atoms with Gasteiger partial charge in [-0.15, -0.1) is 0 Å². The molecular weight excluding hydrogens is 446 g/mol. The number of carbonyl (C=O) groups excluding carboxylic acids is 3. The molecule has 182 valence electrons. The highest BCUT2D eigenvalue weighted by Crippen LogP contribution is 2.33. The van der Waals surface area contributed by atoms with Crippen LogP contribution in [0.4, 0.5) is 5.69 Å². The van der Waals surface area contributed by atoms with E-state index in [-0.39, 0.29) is 47.9 Å². The molecule has 2 amide bonds. The number of hydrogen-bond acceptors (Lipinski definition) is 7. The van der Waals surface area contributed by atoms with Gasteiger partial charge in [-0.3, -0.25) is 19.7 Å². The zero-order chi connectivity index (χ0) is 24.9. The summed E-state index contributed by atoms with van der Waals surface area (Å²) in [5, 5.41) is 11.7. The van der Waals surface area contributed by atoms with Gasteiger partial charge in [0, 0.05) is 36.6 Å². The average Bonchev–Trinajstić information content (AvgIpc) is 3.37. The number of anilines is 1. The topological polar surface area (TPSA) is 142 Å². The fraction of sp³-hybridized carbons (Fsp3) is 0.423. The Morgan fingerprint density at radius 2 is 2.03 bits per heavy atom. The first-order valence-corrected chi connectivity index (χ1v) is 11.9. The number of aliphatic imine (C=N–C) groups is 1. The Kier molecular flexibility index (Phi) is 7.30. The molecule has 0 bridgehead atoms. The van der Waals surface area contributed by atoms with E-state index in [1.54, 1.807) is 4.90 Å². The smallest absolute Gasteiger partial charge is 0.293 e. The third kappa shape index (κ3) is 5.43. The van der Waals surface area contributed by atoms with Crippen LogP contribution in [0, 0.1) is 17.2 Å². The van der Waals surface area contributed by atoms with Gasteiger partial charge in [-0.2, -0.15) is 5.26 Å². The van der Waals surface area contributed by atoms with Crippen molar-refractivity contribution in [3.63, 3.8) is 0 Å². The van der Waals surface area contributed by atoms with Gasteiger partial charge in [0.15, 0.2) is 5.76 Å². The molecule has 9 nitrogen and oxygen atoms in total. The third-order valence-corrected chi connectivity index (χ3v) is 6.74. The molecule has 2 heterocycles. The number of ketones is 1. The van der Waals surface area contributed by atoms with Crippen LogP contribution in [0.15, 0.2) is 39.9 Å². The summed E-state index contributed by atoms with van der Waals surface area (Å²) in [5.74, 6) is -0.576. The number of carbonyl (C=O) groups is 3. The van der Waals surface area contributed by atoms with E-state index in [0.29, 0.717) is 6.54 Å². The minimum Gasteiger partial charge on any atom is -0.458 e. The van der Waals surface area contributed by atoms with Gasteiger partial charge in [-0.05, 0) is 30.0 Å². The lowest BCUT2D eigenvalue weighted by Crippen LogP contribution is -2.47. The summed E-state index contributed by atoms with van der Waals surface area (Å²) in [6.45, 7) is 2.48. The number of guanidine groups is 1. The standard InChI is InChI=1S/C26H29N5O4/c1-16(24(33)18-5-3-2-4-6-18)19-7-8-21-20(12-19)14-29-26(31(21)10-9-23(28)32)30-25(34)22-11-17(13-27)15-35-22/h7-8,11-12,15-16,18H,2-6,9-10,14H2,1H3,(H2,28,32)(H,29,30,34). The van der Waals surface area contributed by atoms with Crippen LogP contribution in [0.2, 0.25) is 0 Å². The predicted octanol–water partition coefficient (Wildman–Crippen LogP) is 3.39. The van der Waals surface area contributed by atoms with Gasteiger partial charge in [-0.25, -0.2) is 4.99 Å². The molecule has 1 aliphatic carbocycles. The second kappa shape index (κ2) is 10.6. The zero-order valence-corrected chi connectivity index (χ0v) is 19.8. The molecule has 1 atom stereocenters. The largest absolute Gasteiger partial charge is 0.458 e. The number of nitrogens with zero attached hydrogens (tertiary/aromatic N) is 3. The number of nitrogens with one attached hydrogen (secondary N) is 1. The number of nitriles is 1. The molecule has 3 N–H and O–H groups in total. The van der Waals surface area contributed by atoms with Crippen LogP contribution in [0.3, 0.4) is 0 Å². The number of furan rings is 1. The van der Waals surface area contributed by atoms with E-state index in [0.717, 1.165) is 42.5 Å². The number of amides is 2. The SMILES string of the molecule is CC(C(=O)C1CCCCC1)c1ccc2c(c1)CN=C(NC(=O)c1cc(C#N)co1)N2CCC(N)=O. The van der Waals surface area contributed by atoms with Gasteiger partial charge in [0.25, 0.3) is 5.91 Å². The van der Waals surface area contributed by atoms with Crippen molar-refractivity contribution in [3.8, 4) is 6.07 Å². The Balaban J connectivity index is 1.55.